The van der Waals surface area contributed by atoms with Gasteiger partial charge in [-0.05, 0) is 49.9 Å². The first-order valence-corrected chi connectivity index (χ1v) is 16.9. The van der Waals surface area contributed by atoms with Crippen LogP contribution < -0.4 is 10.2 Å². The third-order valence-electron chi connectivity index (χ3n) is 9.60. The maximum absolute atomic E-state index is 12.9. The molecule has 1 atom stereocenters. The van der Waals surface area contributed by atoms with Crippen molar-refractivity contribution in [1.82, 2.24) is 19.8 Å². The molecule has 3 saturated heterocycles. The Balaban J connectivity index is 1.01. The predicted molar refractivity (Wildman–Crippen MR) is 169 cm³/mol. The van der Waals surface area contributed by atoms with Gasteiger partial charge in [0.05, 0.1) is 38.2 Å². The average Bonchev–Trinajstić information content (AvgIpc) is 3.80. The number of amides is 1. The zero-order valence-corrected chi connectivity index (χ0v) is 26.8. The highest BCUT2D eigenvalue weighted by atomic mass is 35.5. The highest BCUT2D eigenvalue weighted by Gasteiger charge is 2.40. The standard InChI is InChI=1S/C32H42Cl2N6O4/c33-24-6-5-23(27(34)18-24)19-35-29-26-21-39(30(41)22-3-4-22)11-7-28(26)36-31(37-29)40-14-15-42-25(20-40)2-1-10-38-12-8-32(9-13-38)43-16-17-44-32/h5-6,18,22,25H,1-4,7-17,19-21H2,(H,35,36,37). The molecule has 238 valence electrons. The van der Waals surface area contributed by atoms with E-state index in [2.05, 4.69) is 15.1 Å². The molecule has 10 nitrogen and oxygen atoms in total. The lowest BCUT2D eigenvalue weighted by Crippen LogP contribution is -2.46. The number of carbonyl (C=O) groups is 1. The van der Waals surface area contributed by atoms with Gasteiger partial charge in [0.15, 0.2) is 5.79 Å². The molecule has 4 aliphatic heterocycles. The van der Waals surface area contributed by atoms with Crippen LogP contribution in [0, 0.1) is 5.92 Å². The van der Waals surface area contributed by atoms with Crippen molar-refractivity contribution >= 4 is 40.9 Å². The van der Waals surface area contributed by atoms with Crippen molar-refractivity contribution in [3.8, 4) is 0 Å². The summed E-state index contributed by atoms with van der Waals surface area (Å²) in [5, 5.41) is 4.75. The van der Waals surface area contributed by atoms with E-state index in [1.807, 2.05) is 17.0 Å². The lowest BCUT2D eigenvalue weighted by molar-refractivity contribution is -0.185. The first-order valence-electron chi connectivity index (χ1n) is 16.2. The molecule has 0 bridgehead atoms. The fraction of sp³-hybridized carbons (Fsp3) is 0.656. The summed E-state index contributed by atoms with van der Waals surface area (Å²) in [5.74, 6) is 1.62. The van der Waals surface area contributed by atoms with Crippen LogP contribution in [0.1, 0.15) is 55.3 Å². The van der Waals surface area contributed by atoms with Crippen LogP contribution in [0.25, 0.3) is 0 Å². The molecule has 1 N–H and O–H groups in total. The molecule has 1 spiro atoms. The quantitative estimate of drug-likeness (QED) is 0.423. The Hall–Kier alpha value is -2.21. The van der Waals surface area contributed by atoms with Crippen LogP contribution in [0.15, 0.2) is 18.2 Å². The van der Waals surface area contributed by atoms with E-state index in [1.54, 1.807) is 6.07 Å². The molecule has 1 unspecified atom stereocenters. The maximum Gasteiger partial charge on any atom is 0.227 e. The zero-order chi connectivity index (χ0) is 30.1. The Kier molecular flexibility index (Phi) is 9.17. The van der Waals surface area contributed by atoms with E-state index in [0.29, 0.717) is 36.3 Å². The number of morpholine rings is 1. The first kappa shape index (κ1) is 30.4. The van der Waals surface area contributed by atoms with Crippen molar-refractivity contribution in [1.29, 1.82) is 0 Å². The van der Waals surface area contributed by atoms with Crippen molar-refractivity contribution in [3.63, 3.8) is 0 Å². The molecule has 5 aliphatic rings. The second-order valence-corrected chi connectivity index (χ2v) is 13.5. The molecular formula is C32H42Cl2N6O4. The van der Waals surface area contributed by atoms with Gasteiger partial charge in [0.1, 0.15) is 5.82 Å². The van der Waals surface area contributed by atoms with E-state index in [9.17, 15) is 4.79 Å². The van der Waals surface area contributed by atoms with E-state index in [1.165, 1.54) is 0 Å². The van der Waals surface area contributed by atoms with Crippen LogP contribution in [0.2, 0.25) is 10.0 Å². The molecule has 7 rings (SSSR count). The van der Waals surface area contributed by atoms with Crippen molar-refractivity contribution in [2.24, 2.45) is 5.92 Å². The first-order chi connectivity index (χ1) is 21.4. The Morgan fingerprint density at radius 2 is 1.86 bits per heavy atom. The molecule has 2 aromatic rings. The van der Waals surface area contributed by atoms with Crippen LogP contribution in [0.3, 0.4) is 0 Å². The van der Waals surface area contributed by atoms with Crippen LogP contribution in [-0.4, -0.2) is 96.7 Å². The monoisotopic (exact) mass is 644 g/mol. The number of nitrogens with zero attached hydrogens (tertiary/aromatic N) is 5. The van der Waals surface area contributed by atoms with Crippen molar-refractivity contribution in [2.75, 3.05) is 69.3 Å². The highest BCUT2D eigenvalue weighted by molar-refractivity contribution is 6.35. The number of piperidine rings is 1. The largest absolute Gasteiger partial charge is 0.375 e. The summed E-state index contributed by atoms with van der Waals surface area (Å²) in [6.45, 7) is 8.41. The van der Waals surface area contributed by atoms with Gasteiger partial charge in [0, 0.05) is 80.1 Å². The fourth-order valence-corrected chi connectivity index (χ4v) is 7.31. The molecule has 12 heteroatoms. The Labute approximate surface area is 269 Å². The number of halogens is 2. The van der Waals surface area contributed by atoms with Gasteiger partial charge in [-0.3, -0.25) is 4.79 Å². The summed E-state index contributed by atoms with van der Waals surface area (Å²) >= 11 is 12.6. The van der Waals surface area contributed by atoms with Crippen molar-refractivity contribution < 1.29 is 19.0 Å². The third kappa shape index (κ3) is 6.95. The molecule has 1 aromatic carbocycles. The molecule has 5 heterocycles. The lowest BCUT2D eigenvalue weighted by Gasteiger charge is -2.38. The number of hydrogen-bond acceptors (Lipinski definition) is 9. The topological polar surface area (TPSA) is 92.3 Å². The number of likely N-dealkylation sites (tertiary alicyclic amines) is 1. The fourth-order valence-electron chi connectivity index (χ4n) is 6.83. The Morgan fingerprint density at radius 1 is 1.05 bits per heavy atom. The zero-order valence-electron chi connectivity index (χ0n) is 25.2. The minimum absolute atomic E-state index is 0.136. The second-order valence-electron chi connectivity index (χ2n) is 12.7. The molecule has 1 aromatic heterocycles. The van der Waals surface area contributed by atoms with E-state index < -0.39 is 0 Å². The van der Waals surface area contributed by atoms with Crippen LogP contribution in [0.4, 0.5) is 11.8 Å². The SMILES string of the molecule is O=C(C1CC1)N1CCc2nc(N3CCOC(CCCN4CCC5(CC4)OCCO5)C3)nc(NCc3ccc(Cl)cc3Cl)c2C1. The molecular weight excluding hydrogens is 603 g/mol. The van der Waals surface area contributed by atoms with Crippen molar-refractivity contribution in [2.45, 2.75) is 69.9 Å². The van der Waals surface area contributed by atoms with E-state index in [-0.39, 0.29) is 23.7 Å². The molecule has 0 radical (unpaired) electrons. The second kappa shape index (κ2) is 13.3. The molecule has 1 aliphatic carbocycles. The number of fused-ring (bicyclic) bond motifs is 1. The summed E-state index contributed by atoms with van der Waals surface area (Å²) in [6, 6.07) is 5.53. The minimum atomic E-state index is -0.321. The summed E-state index contributed by atoms with van der Waals surface area (Å²) < 4.78 is 18.0. The van der Waals surface area contributed by atoms with Gasteiger partial charge in [-0.2, -0.15) is 4.98 Å². The van der Waals surface area contributed by atoms with Gasteiger partial charge in [0.2, 0.25) is 11.9 Å². The van der Waals surface area contributed by atoms with Crippen LogP contribution in [0.5, 0.6) is 0 Å². The molecule has 44 heavy (non-hydrogen) atoms. The number of benzene rings is 1. The predicted octanol–water partition coefficient (Wildman–Crippen LogP) is 4.51. The number of hydrogen-bond donors (Lipinski definition) is 1. The maximum atomic E-state index is 12.9. The lowest BCUT2D eigenvalue weighted by atomic mass is 10.0. The van der Waals surface area contributed by atoms with E-state index >= 15 is 0 Å². The van der Waals surface area contributed by atoms with Crippen molar-refractivity contribution in [3.05, 3.63) is 45.1 Å². The van der Waals surface area contributed by atoms with Gasteiger partial charge in [0.25, 0.3) is 0 Å². The smallest absolute Gasteiger partial charge is 0.227 e. The molecule has 1 saturated carbocycles. The number of aromatic nitrogens is 2. The summed E-state index contributed by atoms with van der Waals surface area (Å²) in [7, 11) is 0. The van der Waals surface area contributed by atoms with E-state index in [0.717, 1.165) is 119 Å². The molecule has 4 fully saturated rings. The van der Waals surface area contributed by atoms with Gasteiger partial charge in [-0.25, -0.2) is 4.98 Å². The Bertz CT molecular complexity index is 1340. The van der Waals surface area contributed by atoms with E-state index in [4.69, 9.17) is 47.4 Å². The van der Waals surface area contributed by atoms with Crippen LogP contribution in [-0.2, 0) is 38.5 Å². The summed E-state index contributed by atoms with van der Waals surface area (Å²) in [5.41, 5.74) is 2.95. The number of anilines is 2. The van der Waals surface area contributed by atoms with Gasteiger partial charge >= 0.3 is 0 Å². The third-order valence-corrected chi connectivity index (χ3v) is 10.2. The average molecular weight is 646 g/mol. The number of rotatable bonds is 9. The van der Waals surface area contributed by atoms with Gasteiger partial charge < -0.3 is 34.2 Å². The summed E-state index contributed by atoms with van der Waals surface area (Å²) in [4.78, 5) is 29.8. The Morgan fingerprint density at radius 3 is 2.64 bits per heavy atom. The minimum Gasteiger partial charge on any atom is -0.375 e. The number of nitrogens with one attached hydrogen (secondary N) is 1. The van der Waals surface area contributed by atoms with Crippen LogP contribution >= 0.6 is 23.2 Å². The number of ether oxygens (including phenoxy) is 3. The number of carbonyl (C=O) groups excluding carboxylic acids is 1. The van der Waals surface area contributed by atoms with Gasteiger partial charge in [-0.1, -0.05) is 29.3 Å². The normalized spacial score (nSPS) is 23.6. The summed E-state index contributed by atoms with van der Waals surface area (Å²) in [6.07, 6.45) is 6.83. The van der Waals surface area contributed by atoms with Gasteiger partial charge in [-0.15, -0.1) is 0 Å². The molecule has 1 amide bonds. The highest BCUT2D eigenvalue weighted by Crippen LogP contribution is 2.35.